The topological polar surface area (TPSA) is 20.2 Å². The molecule has 0 amide bonds. The molecule has 92 valence electrons. The number of rotatable bonds is 2. The number of fused-ring (bicyclic) bond motifs is 1. The summed E-state index contributed by atoms with van der Waals surface area (Å²) in [5.74, 6) is 0.689. The maximum atomic E-state index is 10.6. The highest BCUT2D eigenvalue weighted by atomic mass is 16.3. The van der Waals surface area contributed by atoms with E-state index in [1.165, 1.54) is 42.4 Å². The molecule has 2 atom stereocenters. The van der Waals surface area contributed by atoms with Crippen molar-refractivity contribution in [3.05, 3.63) is 34.9 Å². The van der Waals surface area contributed by atoms with E-state index >= 15 is 0 Å². The van der Waals surface area contributed by atoms with E-state index in [2.05, 4.69) is 25.1 Å². The molecule has 1 aromatic rings. The first kappa shape index (κ1) is 11.3. The predicted molar refractivity (Wildman–Crippen MR) is 70.1 cm³/mol. The molecule has 0 spiro atoms. The summed E-state index contributed by atoms with van der Waals surface area (Å²) in [6, 6.07) is 6.84. The normalized spacial score (nSPS) is 31.8. The van der Waals surface area contributed by atoms with E-state index in [0.29, 0.717) is 5.92 Å². The van der Waals surface area contributed by atoms with Gasteiger partial charge >= 0.3 is 0 Å². The fourth-order valence-corrected chi connectivity index (χ4v) is 3.64. The largest absolute Gasteiger partial charge is 0.390 e. The van der Waals surface area contributed by atoms with Gasteiger partial charge in [-0.05, 0) is 61.1 Å². The van der Waals surface area contributed by atoms with Crippen LogP contribution in [0.5, 0.6) is 0 Å². The molecule has 0 bridgehead atoms. The molecule has 2 unspecified atom stereocenters. The maximum absolute atomic E-state index is 10.6. The molecule has 17 heavy (non-hydrogen) atoms. The van der Waals surface area contributed by atoms with Gasteiger partial charge in [0.15, 0.2) is 0 Å². The Hall–Kier alpha value is -0.820. The summed E-state index contributed by atoms with van der Waals surface area (Å²) in [5, 5.41) is 10.6. The van der Waals surface area contributed by atoms with Crippen LogP contribution in [0.2, 0.25) is 0 Å². The van der Waals surface area contributed by atoms with Crippen LogP contribution < -0.4 is 0 Å². The van der Waals surface area contributed by atoms with Crippen molar-refractivity contribution in [3.63, 3.8) is 0 Å². The van der Waals surface area contributed by atoms with Gasteiger partial charge in [0.1, 0.15) is 0 Å². The molecule has 0 heterocycles. The Morgan fingerprint density at radius 2 is 2.12 bits per heavy atom. The molecule has 0 saturated heterocycles. The van der Waals surface area contributed by atoms with Crippen molar-refractivity contribution in [2.24, 2.45) is 5.92 Å². The molecule has 0 radical (unpaired) electrons. The fourth-order valence-electron chi connectivity index (χ4n) is 3.64. The van der Waals surface area contributed by atoms with Gasteiger partial charge in [0.2, 0.25) is 0 Å². The van der Waals surface area contributed by atoms with Crippen LogP contribution in [-0.2, 0) is 19.3 Å². The molecule has 2 aliphatic rings. The second-order valence-electron chi connectivity index (χ2n) is 6.21. The summed E-state index contributed by atoms with van der Waals surface area (Å²) in [7, 11) is 0. The third-order valence-electron chi connectivity index (χ3n) is 4.53. The first-order valence-corrected chi connectivity index (χ1v) is 6.98. The van der Waals surface area contributed by atoms with Crippen molar-refractivity contribution in [3.8, 4) is 0 Å². The zero-order valence-corrected chi connectivity index (χ0v) is 10.7. The first-order chi connectivity index (χ1) is 8.15. The average Bonchev–Trinajstić information content (AvgIpc) is 2.85. The molecule has 0 aliphatic heterocycles. The monoisotopic (exact) mass is 230 g/mol. The Kier molecular flexibility index (Phi) is 2.74. The molecule has 1 N–H and O–H groups in total. The van der Waals surface area contributed by atoms with Gasteiger partial charge in [-0.15, -0.1) is 0 Å². The molecule has 3 rings (SSSR count). The summed E-state index contributed by atoms with van der Waals surface area (Å²) < 4.78 is 0. The van der Waals surface area contributed by atoms with Crippen molar-refractivity contribution in [1.29, 1.82) is 0 Å². The van der Waals surface area contributed by atoms with E-state index in [1.54, 1.807) is 0 Å². The smallest absolute Gasteiger partial charge is 0.0690 e. The molecule has 1 heteroatoms. The number of aliphatic hydroxyl groups is 1. The van der Waals surface area contributed by atoms with Crippen molar-refractivity contribution in [2.45, 2.75) is 57.5 Å². The van der Waals surface area contributed by atoms with E-state index in [-0.39, 0.29) is 0 Å². The number of hydrogen-bond donors (Lipinski definition) is 1. The Balaban J connectivity index is 1.77. The minimum atomic E-state index is -0.424. The van der Waals surface area contributed by atoms with Crippen molar-refractivity contribution >= 4 is 0 Å². The molecule has 0 aromatic heterocycles. The Morgan fingerprint density at radius 1 is 1.29 bits per heavy atom. The van der Waals surface area contributed by atoms with Gasteiger partial charge in [-0.25, -0.2) is 0 Å². The zero-order valence-electron chi connectivity index (χ0n) is 10.7. The van der Waals surface area contributed by atoms with E-state index in [0.717, 1.165) is 19.3 Å². The van der Waals surface area contributed by atoms with Crippen LogP contribution in [0, 0.1) is 5.92 Å². The lowest BCUT2D eigenvalue weighted by Crippen LogP contribution is -2.27. The Labute approximate surface area is 104 Å². The lowest BCUT2D eigenvalue weighted by Gasteiger charge is -2.23. The van der Waals surface area contributed by atoms with Crippen LogP contribution in [0.15, 0.2) is 18.2 Å². The summed E-state index contributed by atoms with van der Waals surface area (Å²) >= 11 is 0. The van der Waals surface area contributed by atoms with Gasteiger partial charge in [-0.1, -0.05) is 25.1 Å². The van der Waals surface area contributed by atoms with E-state index < -0.39 is 5.60 Å². The highest BCUT2D eigenvalue weighted by Gasteiger charge is 2.35. The van der Waals surface area contributed by atoms with Crippen LogP contribution in [-0.4, -0.2) is 10.7 Å². The second-order valence-corrected chi connectivity index (χ2v) is 6.21. The van der Waals surface area contributed by atoms with Gasteiger partial charge in [-0.2, -0.15) is 0 Å². The van der Waals surface area contributed by atoms with Gasteiger partial charge in [0, 0.05) is 6.42 Å². The third kappa shape index (κ3) is 2.26. The molecule has 1 nitrogen and oxygen atoms in total. The molecule has 1 saturated carbocycles. The van der Waals surface area contributed by atoms with Crippen LogP contribution in [0.1, 0.15) is 49.3 Å². The first-order valence-electron chi connectivity index (χ1n) is 6.98. The van der Waals surface area contributed by atoms with Crippen molar-refractivity contribution < 1.29 is 5.11 Å². The quantitative estimate of drug-likeness (QED) is 0.826. The molecule has 2 aliphatic carbocycles. The van der Waals surface area contributed by atoms with E-state index in [4.69, 9.17) is 0 Å². The van der Waals surface area contributed by atoms with Crippen LogP contribution >= 0.6 is 0 Å². The van der Waals surface area contributed by atoms with Gasteiger partial charge in [-0.3, -0.25) is 0 Å². The molecule has 1 aromatic carbocycles. The Bertz CT molecular complexity index is 424. The fraction of sp³-hybridized carbons (Fsp3) is 0.625. The highest BCUT2D eigenvalue weighted by Crippen LogP contribution is 2.37. The van der Waals surface area contributed by atoms with E-state index in [1.807, 2.05) is 0 Å². The summed E-state index contributed by atoms with van der Waals surface area (Å²) in [6.45, 7) is 2.25. The zero-order chi connectivity index (χ0) is 11.9. The number of hydrogen-bond acceptors (Lipinski definition) is 1. The highest BCUT2D eigenvalue weighted by molar-refractivity contribution is 5.35. The molecular weight excluding hydrogens is 208 g/mol. The third-order valence-corrected chi connectivity index (χ3v) is 4.53. The van der Waals surface area contributed by atoms with Crippen LogP contribution in [0.4, 0.5) is 0 Å². The average molecular weight is 230 g/mol. The summed E-state index contributed by atoms with van der Waals surface area (Å²) in [4.78, 5) is 0. The Morgan fingerprint density at radius 3 is 2.88 bits per heavy atom. The minimum absolute atomic E-state index is 0.424. The number of aryl methyl sites for hydroxylation is 2. The van der Waals surface area contributed by atoms with Gasteiger partial charge in [0.05, 0.1) is 5.60 Å². The number of benzene rings is 1. The van der Waals surface area contributed by atoms with Gasteiger partial charge in [0.25, 0.3) is 0 Å². The lowest BCUT2D eigenvalue weighted by molar-refractivity contribution is 0.0446. The van der Waals surface area contributed by atoms with Crippen LogP contribution in [0.3, 0.4) is 0 Å². The maximum Gasteiger partial charge on any atom is 0.0690 e. The molecular formula is C16H22O. The SMILES string of the molecule is CC1CCC(O)(Cc2ccc3c(c2)CCC3)C1. The summed E-state index contributed by atoms with van der Waals surface area (Å²) in [5.41, 5.74) is 3.96. The summed E-state index contributed by atoms with van der Waals surface area (Å²) in [6.07, 6.45) is 7.77. The molecule has 1 fully saturated rings. The minimum Gasteiger partial charge on any atom is -0.390 e. The van der Waals surface area contributed by atoms with Crippen molar-refractivity contribution in [2.75, 3.05) is 0 Å². The van der Waals surface area contributed by atoms with Crippen LogP contribution in [0.25, 0.3) is 0 Å². The predicted octanol–water partition coefficient (Wildman–Crippen LogP) is 3.27. The van der Waals surface area contributed by atoms with Crippen molar-refractivity contribution in [1.82, 2.24) is 0 Å². The second kappa shape index (κ2) is 4.13. The van der Waals surface area contributed by atoms with Gasteiger partial charge < -0.3 is 5.11 Å². The standard InChI is InChI=1S/C16H22O/c1-12-7-8-16(17,10-12)11-13-5-6-14-3-2-4-15(14)9-13/h5-6,9,12,17H,2-4,7-8,10-11H2,1H3. The van der Waals surface area contributed by atoms with E-state index in [9.17, 15) is 5.11 Å². The lowest BCUT2D eigenvalue weighted by atomic mass is 9.91.